The van der Waals surface area contributed by atoms with Gasteiger partial charge in [-0.05, 0) is 54.0 Å². The van der Waals surface area contributed by atoms with Crippen LogP contribution in [0.4, 0.5) is 0 Å². The number of benzene rings is 2. The summed E-state index contributed by atoms with van der Waals surface area (Å²) < 4.78 is 0. The molecule has 4 N–H and O–H groups in total. The summed E-state index contributed by atoms with van der Waals surface area (Å²) in [5.41, 5.74) is 2.09. The Morgan fingerprint density at radius 2 is 1.83 bits per heavy atom. The second-order valence-corrected chi connectivity index (χ2v) is 9.65. The molecule has 1 aliphatic rings. The Labute approximate surface area is 206 Å². The molecule has 3 unspecified atom stereocenters. The molecule has 1 fully saturated rings. The Kier molecular flexibility index (Phi) is 8.87. The van der Waals surface area contributed by atoms with E-state index in [0.717, 1.165) is 30.6 Å². The van der Waals surface area contributed by atoms with E-state index in [4.69, 9.17) is 5.11 Å². The van der Waals surface area contributed by atoms with Crippen LogP contribution in [0.2, 0.25) is 0 Å². The largest absolute Gasteiger partial charge is 0.508 e. The molecule has 3 rings (SSSR count). The summed E-state index contributed by atoms with van der Waals surface area (Å²) in [4.78, 5) is 37.9. The van der Waals surface area contributed by atoms with Gasteiger partial charge in [0, 0.05) is 13.1 Å². The van der Waals surface area contributed by atoms with Gasteiger partial charge in [-0.2, -0.15) is 0 Å². The minimum atomic E-state index is -1.14. The van der Waals surface area contributed by atoms with Gasteiger partial charge in [-0.1, -0.05) is 56.3 Å². The zero-order valence-corrected chi connectivity index (χ0v) is 20.4. The van der Waals surface area contributed by atoms with E-state index in [-0.39, 0.29) is 29.5 Å². The van der Waals surface area contributed by atoms with Crippen LogP contribution in [-0.4, -0.2) is 65.6 Å². The summed E-state index contributed by atoms with van der Waals surface area (Å²) in [7, 11) is 0. The third-order valence-electron chi connectivity index (χ3n) is 7.11. The van der Waals surface area contributed by atoms with Crippen molar-refractivity contribution in [3.63, 3.8) is 0 Å². The van der Waals surface area contributed by atoms with Crippen LogP contribution < -0.4 is 10.6 Å². The van der Waals surface area contributed by atoms with Crippen LogP contribution in [0.3, 0.4) is 0 Å². The molecule has 1 saturated heterocycles. The van der Waals surface area contributed by atoms with Gasteiger partial charge in [0.1, 0.15) is 12.3 Å². The van der Waals surface area contributed by atoms with Crippen LogP contribution in [0, 0.1) is 11.8 Å². The summed E-state index contributed by atoms with van der Waals surface area (Å²) in [6.45, 7) is 5.87. The fraction of sp³-hybridized carbons (Fsp3) is 0.444. The van der Waals surface area contributed by atoms with E-state index in [2.05, 4.69) is 35.4 Å². The lowest BCUT2D eigenvalue weighted by Crippen LogP contribution is -2.50. The lowest BCUT2D eigenvalue weighted by Gasteiger charge is -2.45. The molecule has 8 heteroatoms. The smallest absolute Gasteiger partial charge is 0.322 e. The summed E-state index contributed by atoms with van der Waals surface area (Å²) >= 11 is 0. The van der Waals surface area contributed by atoms with Crippen LogP contribution in [0.1, 0.15) is 31.4 Å². The molecule has 2 amide bonds. The van der Waals surface area contributed by atoms with E-state index < -0.39 is 18.4 Å². The molecule has 0 saturated carbocycles. The average Bonchev–Trinajstić information content (AvgIpc) is 2.83. The fourth-order valence-corrected chi connectivity index (χ4v) is 4.77. The number of carbonyl (C=O) groups excluding carboxylic acids is 2. The average molecular weight is 482 g/mol. The standard InChI is InChI=1S/C27H35N3O5/c1-19-17-30(12-11-27(19,2)22-9-6-10-23(31)14-22)18-21(13-20-7-4-3-5-8-20)26(35)29-15-24(32)28-16-25(33)34/h3-10,14,19,21,31H,11-13,15-18H2,1-2H3,(H,28,32)(H,29,35)(H,33,34). The molecule has 8 nitrogen and oxygen atoms in total. The molecule has 0 aliphatic carbocycles. The number of nitrogens with zero attached hydrogens (tertiary/aromatic N) is 1. The van der Waals surface area contributed by atoms with Gasteiger partial charge in [0.2, 0.25) is 11.8 Å². The number of hydrogen-bond acceptors (Lipinski definition) is 5. The molecule has 35 heavy (non-hydrogen) atoms. The Morgan fingerprint density at radius 3 is 2.49 bits per heavy atom. The van der Waals surface area contributed by atoms with Crippen molar-refractivity contribution in [3.8, 4) is 5.75 Å². The summed E-state index contributed by atoms with van der Waals surface area (Å²) in [5.74, 6) is -1.68. The molecule has 3 atom stereocenters. The predicted octanol–water partition coefficient (Wildman–Crippen LogP) is 2.17. The molecule has 1 heterocycles. The zero-order valence-electron chi connectivity index (χ0n) is 20.4. The van der Waals surface area contributed by atoms with Crippen molar-refractivity contribution in [2.75, 3.05) is 32.7 Å². The van der Waals surface area contributed by atoms with Gasteiger partial charge in [-0.3, -0.25) is 14.4 Å². The van der Waals surface area contributed by atoms with Crippen molar-refractivity contribution in [1.82, 2.24) is 15.5 Å². The fourth-order valence-electron chi connectivity index (χ4n) is 4.77. The van der Waals surface area contributed by atoms with Crippen molar-refractivity contribution < 1.29 is 24.6 Å². The molecule has 0 aromatic heterocycles. The number of amides is 2. The molecule has 2 aromatic rings. The summed E-state index contributed by atoms with van der Waals surface area (Å²) in [6.07, 6.45) is 1.44. The van der Waals surface area contributed by atoms with Gasteiger partial charge in [-0.25, -0.2) is 0 Å². The third-order valence-corrected chi connectivity index (χ3v) is 7.11. The van der Waals surface area contributed by atoms with Gasteiger partial charge in [0.05, 0.1) is 12.5 Å². The number of phenols is 1. The SMILES string of the molecule is CC1CN(CC(Cc2ccccc2)C(=O)NCC(=O)NCC(=O)O)CCC1(C)c1cccc(O)c1. The van der Waals surface area contributed by atoms with Gasteiger partial charge < -0.3 is 25.7 Å². The number of carbonyl (C=O) groups is 3. The number of nitrogens with one attached hydrogen (secondary N) is 2. The molecule has 1 aliphatic heterocycles. The maximum Gasteiger partial charge on any atom is 0.322 e. The molecular weight excluding hydrogens is 446 g/mol. The number of carboxylic acids is 1. The first-order valence-corrected chi connectivity index (χ1v) is 12.0. The van der Waals surface area contributed by atoms with Gasteiger partial charge in [0.15, 0.2) is 0 Å². The first kappa shape index (κ1) is 26.2. The Bertz CT molecular complexity index is 1030. The topological polar surface area (TPSA) is 119 Å². The number of piperidine rings is 1. The molecule has 0 spiro atoms. The van der Waals surface area contributed by atoms with Crippen molar-refractivity contribution in [3.05, 3.63) is 65.7 Å². The number of hydrogen-bond donors (Lipinski definition) is 4. The normalized spacial score (nSPS) is 21.1. The third kappa shape index (κ3) is 7.29. The second kappa shape index (κ2) is 11.8. The van der Waals surface area contributed by atoms with Gasteiger partial charge in [-0.15, -0.1) is 0 Å². The summed E-state index contributed by atoms with van der Waals surface area (Å²) in [5, 5.41) is 23.6. The Morgan fingerprint density at radius 1 is 1.09 bits per heavy atom. The van der Waals surface area contributed by atoms with Crippen molar-refractivity contribution in [2.45, 2.75) is 32.1 Å². The lowest BCUT2D eigenvalue weighted by atomic mass is 9.68. The monoisotopic (exact) mass is 481 g/mol. The Balaban J connectivity index is 1.65. The Hall–Kier alpha value is -3.39. The van der Waals surface area contributed by atoms with E-state index in [0.29, 0.717) is 18.9 Å². The van der Waals surface area contributed by atoms with Crippen molar-refractivity contribution >= 4 is 17.8 Å². The number of aromatic hydroxyl groups is 1. The minimum absolute atomic E-state index is 0.0747. The zero-order chi connectivity index (χ0) is 25.4. The van der Waals surface area contributed by atoms with E-state index >= 15 is 0 Å². The number of likely N-dealkylation sites (tertiary alicyclic amines) is 1. The van der Waals surface area contributed by atoms with E-state index in [1.165, 1.54) is 0 Å². The van der Waals surface area contributed by atoms with Crippen LogP contribution in [0.15, 0.2) is 54.6 Å². The van der Waals surface area contributed by atoms with E-state index in [1.807, 2.05) is 42.5 Å². The lowest BCUT2D eigenvalue weighted by molar-refractivity contribution is -0.137. The second-order valence-electron chi connectivity index (χ2n) is 9.65. The van der Waals surface area contributed by atoms with Crippen molar-refractivity contribution in [1.29, 1.82) is 0 Å². The number of aliphatic carboxylic acids is 1. The van der Waals surface area contributed by atoms with Crippen LogP contribution in [0.25, 0.3) is 0 Å². The molecular formula is C27H35N3O5. The minimum Gasteiger partial charge on any atom is -0.508 e. The maximum atomic E-state index is 13.1. The number of carboxylic acid groups (broad SMARTS) is 1. The molecule has 188 valence electrons. The summed E-state index contributed by atoms with van der Waals surface area (Å²) in [6, 6.07) is 17.2. The van der Waals surface area contributed by atoms with Crippen LogP contribution in [-0.2, 0) is 26.2 Å². The van der Waals surface area contributed by atoms with Gasteiger partial charge >= 0.3 is 5.97 Å². The van der Waals surface area contributed by atoms with E-state index in [9.17, 15) is 19.5 Å². The first-order chi connectivity index (χ1) is 16.7. The molecule has 0 radical (unpaired) electrons. The first-order valence-electron chi connectivity index (χ1n) is 12.0. The van der Waals surface area contributed by atoms with Crippen LogP contribution >= 0.6 is 0 Å². The van der Waals surface area contributed by atoms with E-state index in [1.54, 1.807) is 6.07 Å². The quantitative estimate of drug-likeness (QED) is 0.413. The molecule has 2 aromatic carbocycles. The van der Waals surface area contributed by atoms with Gasteiger partial charge in [0.25, 0.3) is 0 Å². The highest BCUT2D eigenvalue weighted by Crippen LogP contribution is 2.40. The predicted molar refractivity (Wildman–Crippen MR) is 133 cm³/mol. The van der Waals surface area contributed by atoms with Crippen LogP contribution in [0.5, 0.6) is 5.75 Å². The number of phenolic OH excluding ortho intramolecular Hbond substituents is 1. The highest BCUT2D eigenvalue weighted by atomic mass is 16.4. The highest BCUT2D eigenvalue weighted by molar-refractivity contribution is 5.87. The number of rotatable bonds is 10. The van der Waals surface area contributed by atoms with Crippen molar-refractivity contribution in [2.24, 2.45) is 11.8 Å². The molecule has 0 bridgehead atoms. The maximum absolute atomic E-state index is 13.1. The highest BCUT2D eigenvalue weighted by Gasteiger charge is 2.39.